The number of rotatable bonds is 8. The molecule has 0 aliphatic carbocycles. The molecule has 2 N–H and O–H groups in total. The number of carbonyl (C=O) groups excluding carboxylic acids is 3. The summed E-state index contributed by atoms with van der Waals surface area (Å²) in [5, 5.41) is 16.1. The van der Waals surface area contributed by atoms with Gasteiger partial charge in [-0.1, -0.05) is 91.0 Å². The summed E-state index contributed by atoms with van der Waals surface area (Å²) in [5.41, 5.74) is 2.96. The van der Waals surface area contributed by atoms with Crippen molar-refractivity contribution in [3.05, 3.63) is 120 Å². The Balaban J connectivity index is 1.45. The van der Waals surface area contributed by atoms with Gasteiger partial charge in [0.25, 0.3) is 5.91 Å². The highest BCUT2D eigenvalue weighted by molar-refractivity contribution is 6.14. The number of imide groups is 1. The molecule has 0 spiro atoms. The van der Waals surface area contributed by atoms with Crippen LogP contribution in [-0.4, -0.2) is 69.0 Å². The van der Waals surface area contributed by atoms with Crippen molar-refractivity contribution in [1.82, 2.24) is 19.7 Å². The van der Waals surface area contributed by atoms with Crippen molar-refractivity contribution in [1.29, 1.82) is 0 Å². The third kappa shape index (κ3) is 5.86. The second-order valence-electron chi connectivity index (χ2n) is 11.6. The Morgan fingerprint density at radius 1 is 0.909 bits per heavy atom. The van der Waals surface area contributed by atoms with Crippen molar-refractivity contribution in [3.8, 4) is 0 Å². The van der Waals surface area contributed by atoms with Crippen LogP contribution in [0.5, 0.6) is 0 Å². The maximum Gasteiger partial charge on any atom is 0.263 e. The quantitative estimate of drug-likeness (QED) is 0.264. The number of aliphatic hydroxyl groups is 1. The normalized spacial score (nSPS) is 17.1. The molecule has 1 aliphatic heterocycles. The number of likely N-dealkylation sites (N-methyl/N-ethyl adjacent to an activating group) is 1. The number of β-amino-alcohol motifs (C(OH)–C–C–N with tert-alkyl or cyclic N) is 1. The first kappa shape index (κ1) is 29.3. The molecule has 0 bridgehead atoms. The van der Waals surface area contributed by atoms with Gasteiger partial charge in [0.2, 0.25) is 11.8 Å². The van der Waals surface area contributed by atoms with Crippen molar-refractivity contribution in [2.75, 3.05) is 13.6 Å². The summed E-state index contributed by atoms with van der Waals surface area (Å²) in [6.45, 7) is 0.558. The Morgan fingerprint density at radius 2 is 1.61 bits per heavy atom. The van der Waals surface area contributed by atoms with Crippen molar-refractivity contribution in [2.24, 2.45) is 7.05 Å². The molecule has 1 aromatic heterocycles. The second kappa shape index (κ2) is 12.4. The van der Waals surface area contributed by atoms with Gasteiger partial charge in [-0.15, -0.1) is 0 Å². The molecule has 1 unspecified atom stereocenters. The lowest BCUT2D eigenvalue weighted by Gasteiger charge is -2.34. The van der Waals surface area contributed by atoms with Crippen LogP contribution in [0, 0.1) is 0 Å². The van der Waals surface area contributed by atoms with Gasteiger partial charge in [0.1, 0.15) is 6.04 Å². The number of hydrogen-bond acceptors (Lipinski definition) is 5. The molecule has 1 aliphatic rings. The molecule has 4 aromatic carbocycles. The number of para-hydroxylation sites is 1. The Labute approximate surface area is 256 Å². The van der Waals surface area contributed by atoms with Gasteiger partial charge in [-0.2, -0.15) is 0 Å². The highest BCUT2D eigenvalue weighted by Crippen LogP contribution is 2.27. The molecule has 5 aromatic rings. The van der Waals surface area contributed by atoms with E-state index < -0.39 is 30.0 Å². The molecule has 44 heavy (non-hydrogen) atoms. The molecule has 0 saturated carbocycles. The summed E-state index contributed by atoms with van der Waals surface area (Å²) in [6.07, 6.45) is 1.30. The molecule has 224 valence electrons. The molecule has 1 saturated heterocycles. The summed E-state index contributed by atoms with van der Waals surface area (Å²) in [7, 11) is 3.55. The fourth-order valence-electron chi connectivity index (χ4n) is 6.18. The zero-order chi connectivity index (χ0) is 30.8. The zero-order valence-corrected chi connectivity index (χ0v) is 24.9. The summed E-state index contributed by atoms with van der Waals surface area (Å²) < 4.78 is 1.85. The van der Waals surface area contributed by atoms with Crippen LogP contribution >= 0.6 is 0 Å². The molecule has 1 fully saturated rings. The number of aromatic nitrogens is 1. The number of amides is 3. The van der Waals surface area contributed by atoms with E-state index in [1.54, 1.807) is 18.1 Å². The van der Waals surface area contributed by atoms with Gasteiger partial charge in [0.05, 0.1) is 17.7 Å². The first-order valence-corrected chi connectivity index (χ1v) is 14.9. The Hall–Kier alpha value is -4.79. The third-order valence-corrected chi connectivity index (χ3v) is 8.47. The average Bonchev–Trinajstić information content (AvgIpc) is 3.63. The zero-order valence-electron chi connectivity index (χ0n) is 24.9. The van der Waals surface area contributed by atoms with Crippen LogP contribution in [0.2, 0.25) is 0 Å². The Morgan fingerprint density at radius 3 is 2.36 bits per heavy atom. The minimum absolute atomic E-state index is 0.139. The fraction of sp³-hybridized carbons (Fsp3) is 0.250. The van der Waals surface area contributed by atoms with Crippen molar-refractivity contribution in [2.45, 2.75) is 37.6 Å². The van der Waals surface area contributed by atoms with Crippen LogP contribution in [0.15, 0.2) is 103 Å². The van der Waals surface area contributed by atoms with Crippen LogP contribution in [-0.2, 0) is 29.6 Å². The molecule has 3 atom stereocenters. The topological polar surface area (TPSA) is 94.9 Å². The highest BCUT2D eigenvalue weighted by Gasteiger charge is 2.42. The number of nitrogens with zero attached hydrogens (tertiary/aromatic N) is 3. The van der Waals surface area contributed by atoms with E-state index in [4.69, 9.17) is 0 Å². The van der Waals surface area contributed by atoms with Crippen LogP contribution in [0.1, 0.15) is 27.9 Å². The molecule has 8 heteroatoms. The van der Waals surface area contributed by atoms with E-state index in [1.165, 1.54) is 0 Å². The Kier molecular flexibility index (Phi) is 8.28. The molecule has 3 amide bonds. The van der Waals surface area contributed by atoms with Crippen molar-refractivity contribution < 1.29 is 19.5 Å². The van der Waals surface area contributed by atoms with E-state index in [1.807, 2.05) is 109 Å². The standard InChI is InChI=1S/C36H36N4O4/c1-38-23-30(29-14-8-9-15-32(29)38)34(42)40(35(43)31-20-28(41)21-37-31)33(36(44)39(2)22-24-10-4-3-5-11-24)19-25-16-17-26-12-6-7-13-27(26)18-25/h3-18,23,28,31,33,37,41H,19-22H2,1-2H3/t28-,31?,33+/m1/s1. The molecular formula is C36H36N4O4. The lowest BCUT2D eigenvalue weighted by molar-refractivity contribution is -0.143. The monoisotopic (exact) mass is 588 g/mol. The minimum atomic E-state index is -1.12. The fourth-order valence-corrected chi connectivity index (χ4v) is 6.18. The summed E-state index contributed by atoms with van der Waals surface area (Å²) in [6, 6.07) is 29.1. The lowest BCUT2D eigenvalue weighted by Crippen LogP contribution is -2.57. The van der Waals surface area contributed by atoms with E-state index in [-0.39, 0.29) is 25.3 Å². The highest BCUT2D eigenvalue weighted by atomic mass is 16.3. The van der Waals surface area contributed by atoms with E-state index in [0.29, 0.717) is 17.5 Å². The summed E-state index contributed by atoms with van der Waals surface area (Å²) in [5.74, 6) is -1.41. The van der Waals surface area contributed by atoms with Crippen LogP contribution in [0.25, 0.3) is 21.7 Å². The van der Waals surface area contributed by atoms with E-state index in [9.17, 15) is 19.5 Å². The molecule has 2 heterocycles. The number of hydrogen-bond donors (Lipinski definition) is 2. The number of aliphatic hydroxyl groups excluding tert-OH is 1. The van der Waals surface area contributed by atoms with Gasteiger partial charge in [-0.25, -0.2) is 0 Å². The van der Waals surface area contributed by atoms with Gasteiger partial charge in [0, 0.05) is 50.7 Å². The van der Waals surface area contributed by atoms with E-state index >= 15 is 0 Å². The van der Waals surface area contributed by atoms with Crippen LogP contribution < -0.4 is 5.32 Å². The smallest absolute Gasteiger partial charge is 0.263 e. The minimum Gasteiger partial charge on any atom is -0.392 e. The van der Waals surface area contributed by atoms with Gasteiger partial charge in [-0.05, 0) is 34.4 Å². The average molecular weight is 589 g/mol. The predicted molar refractivity (Wildman–Crippen MR) is 171 cm³/mol. The third-order valence-electron chi connectivity index (χ3n) is 8.47. The first-order chi connectivity index (χ1) is 21.3. The van der Waals surface area contributed by atoms with Gasteiger partial charge < -0.3 is 19.9 Å². The van der Waals surface area contributed by atoms with E-state index in [0.717, 1.165) is 32.3 Å². The van der Waals surface area contributed by atoms with Gasteiger partial charge in [0.15, 0.2) is 0 Å². The maximum atomic E-state index is 14.6. The lowest BCUT2D eigenvalue weighted by atomic mass is 9.98. The molecule has 0 radical (unpaired) electrons. The first-order valence-electron chi connectivity index (χ1n) is 14.9. The molecular weight excluding hydrogens is 552 g/mol. The van der Waals surface area contributed by atoms with Crippen molar-refractivity contribution in [3.63, 3.8) is 0 Å². The molecule has 8 nitrogen and oxygen atoms in total. The predicted octanol–water partition coefficient (Wildman–Crippen LogP) is 4.29. The number of aryl methyl sites for hydroxylation is 1. The summed E-state index contributed by atoms with van der Waals surface area (Å²) in [4.78, 5) is 46.1. The number of carbonyl (C=O) groups is 3. The maximum absolute atomic E-state index is 14.6. The van der Waals surface area contributed by atoms with Gasteiger partial charge in [-0.3, -0.25) is 19.3 Å². The summed E-state index contributed by atoms with van der Waals surface area (Å²) >= 11 is 0. The Bertz CT molecular complexity index is 1830. The number of fused-ring (bicyclic) bond motifs is 2. The second-order valence-corrected chi connectivity index (χ2v) is 11.6. The SMILES string of the molecule is CN(Cc1ccccc1)C(=O)[C@H](Cc1ccc2ccccc2c1)N(C(=O)c1cn(C)c2ccccc12)C(=O)C1C[C@@H](O)CN1. The van der Waals surface area contributed by atoms with E-state index in [2.05, 4.69) is 5.32 Å². The largest absolute Gasteiger partial charge is 0.392 e. The van der Waals surface area contributed by atoms with Crippen LogP contribution in [0.3, 0.4) is 0 Å². The van der Waals surface area contributed by atoms with Crippen molar-refractivity contribution >= 4 is 39.4 Å². The molecule has 6 rings (SSSR count). The number of nitrogens with one attached hydrogen (secondary N) is 1. The van der Waals surface area contributed by atoms with Gasteiger partial charge >= 0.3 is 0 Å². The number of benzene rings is 4. The van der Waals surface area contributed by atoms with Crippen LogP contribution in [0.4, 0.5) is 0 Å².